The van der Waals surface area contributed by atoms with Crippen LogP contribution in [0, 0.1) is 20.8 Å². The van der Waals surface area contributed by atoms with E-state index in [0.29, 0.717) is 5.95 Å². The normalized spacial score (nSPS) is 12.2. The van der Waals surface area contributed by atoms with Crippen molar-refractivity contribution in [3.63, 3.8) is 0 Å². The van der Waals surface area contributed by atoms with Crippen molar-refractivity contribution in [2.24, 2.45) is 0 Å². The molecule has 0 bridgehead atoms. The third kappa shape index (κ3) is 3.39. The van der Waals surface area contributed by atoms with Gasteiger partial charge in [0.1, 0.15) is 0 Å². The Kier molecular flexibility index (Phi) is 4.10. The second-order valence-corrected chi connectivity index (χ2v) is 5.88. The molecule has 0 spiro atoms. The largest absolute Gasteiger partial charge is 0.348 e. The molecule has 5 nitrogen and oxygen atoms in total. The third-order valence-electron chi connectivity index (χ3n) is 3.77. The Bertz CT molecular complexity index is 787. The first-order valence-electron chi connectivity index (χ1n) is 7.72. The molecule has 0 aliphatic rings. The maximum absolute atomic E-state index is 4.51. The summed E-state index contributed by atoms with van der Waals surface area (Å²) >= 11 is 0. The molecular formula is C18H21N5. The van der Waals surface area contributed by atoms with E-state index >= 15 is 0 Å². The van der Waals surface area contributed by atoms with E-state index in [1.165, 1.54) is 5.56 Å². The number of hydrogen-bond donors (Lipinski definition) is 1. The van der Waals surface area contributed by atoms with E-state index in [1.807, 2.05) is 30.9 Å². The molecule has 1 aromatic carbocycles. The molecule has 3 rings (SSSR count). The molecule has 0 saturated heterocycles. The lowest BCUT2D eigenvalue weighted by Crippen LogP contribution is -2.09. The second-order valence-electron chi connectivity index (χ2n) is 5.88. The fourth-order valence-corrected chi connectivity index (χ4v) is 2.54. The van der Waals surface area contributed by atoms with Crippen molar-refractivity contribution in [2.75, 3.05) is 5.32 Å². The number of aromatic nitrogens is 4. The molecule has 0 saturated carbocycles. The van der Waals surface area contributed by atoms with Crippen LogP contribution in [0.4, 0.5) is 5.95 Å². The summed E-state index contributed by atoms with van der Waals surface area (Å²) in [4.78, 5) is 8.57. The van der Waals surface area contributed by atoms with Crippen LogP contribution in [0.5, 0.6) is 0 Å². The molecule has 0 aliphatic carbocycles. The average molecular weight is 307 g/mol. The van der Waals surface area contributed by atoms with E-state index in [2.05, 4.69) is 64.6 Å². The molecule has 5 heteroatoms. The zero-order valence-corrected chi connectivity index (χ0v) is 13.9. The van der Waals surface area contributed by atoms with Crippen LogP contribution in [-0.4, -0.2) is 19.7 Å². The van der Waals surface area contributed by atoms with Gasteiger partial charge in [-0.1, -0.05) is 12.1 Å². The van der Waals surface area contributed by atoms with Gasteiger partial charge in [0.05, 0.1) is 17.4 Å². The number of benzene rings is 1. The maximum atomic E-state index is 4.51. The highest BCUT2D eigenvalue weighted by Crippen LogP contribution is 2.19. The zero-order chi connectivity index (χ0) is 16.4. The lowest BCUT2D eigenvalue weighted by atomic mass is 10.1. The van der Waals surface area contributed by atoms with Crippen molar-refractivity contribution in [1.82, 2.24) is 19.7 Å². The van der Waals surface area contributed by atoms with Crippen molar-refractivity contribution in [1.29, 1.82) is 0 Å². The number of nitrogens with one attached hydrogen (secondary N) is 1. The van der Waals surface area contributed by atoms with Gasteiger partial charge in [0, 0.05) is 18.1 Å². The predicted molar refractivity (Wildman–Crippen MR) is 91.8 cm³/mol. The highest BCUT2D eigenvalue weighted by Gasteiger charge is 2.08. The summed E-state index contributed by atoms with van der Waals surface area (Å²) in [5, 5.41) is 7.83. The molecule has 23 heavy (non-hydrogen) atoms. The van der Waals surface area contributed by atoms with Crippen molar-refractivity contribution < 1.29 is 0 Å². The molecule has 2 heterocycles. The number of rotatable bonds is 4. The van der Waals surface area contributed by atoms with Crippen LogP contribution >= 0.6 is 0 Å². The minimum atomic E-state index is 0.132. The summed E-state index contributed by atoms with van der Waals surface area (Å²) < 4.78 is 1.96. The molecule has 118 valence electrons. The van der Waals surface area contributed by atoms with Gasteiger partial charge in [0.15, 0.2) is 0 Å². The molecule has 3 aromatic rings. The van der Waals surface area contributed by atoms with Gasteiger partial charge in [-0.15, -0.1) is 0 Å². The predicted octanol–water partition coefficient (Wildman–Crippen LogP) is 3.76. The molecule has 0 aliphatic heterocycles. The summed E-state index contributed by atoms with van der Waals surface area (Å²) in [5.41, 5.74) is 5.46. The van der Waals surface area contributed by atoms with Crippen LogP contribution in [-0.2, 0) is 0 Å². The van der Waals surface area contributed by atoms with Gasteiger partial charge in [0.2, 0.25) is 5.95 Å². The smallest absolute Gasteiger partial charge is 0.223 e. The fourth-order valence-electron chi connectivity index (χ4n) is 2.54. The van der Waals surface area contributed by atoms with E-state index in [9.17, 15) is 0 Å². The van der Waals surface area contributed by atoms with Gasteiger partial charge in [-0.25, -0.2) is 14.6 Å². The standard InChI is InChI=1S/C18H21N5/c1-12-10-19-18(20-11-12)21-15(4)16-5-7-17(8-6-16)23-14(3)9-13(2)22-23/h5-11,15H,1-4H3,(H,19,20,21). The van der Waals surface area contributed by atoms with Crippen LogP contribution in [0.15, 0.2) is 42.7 Å². The number of nitrogens with zero attached hydrogens (tertiary/aromatic N) is 4. The fraction of sp³-hybridized carbons (Fsp3) is 0.278. The monoisotopic (exact) mass is 307 g/mol. The van der Waals surface area contributed by atoms with Crippen molar-refractivity contribution in [3.05, 3.63) is 65.2 Å². The first kappa shape index (κ1) is 15.2. The summed E-state index contributed by atoms with van der Waals surface area (Å²) in [5.74, 6) is 0.644. The first-order chi connectivity index (χ1) is 11.0. The third-order valence-corrected chi connectivity index (χ3v) is 3.77. The summed E-state index contributed by atoms with van der Waals surface area (Å²) in [6.07, 6.45) is 3.63. The maximum Gasteiger partial charge on any atom is 0.223 e. The van der Waals surface area contributed by atoms with Crippen LogP contribution in [0.25, 0.3) is 5.69 Å². The average Bonchev–Trinajstić information content (AvgIpc) is 2.88. The van der Waals surface area contributed by atoms with E-state index in [4.69, 9.17) is 0 Å². The Morgan fingerprint density at radius 1 is 1.00 bits per heavy atom. The van der Waals surface area contributed by atoms with E-state index in [-0.39, 0.29) is 6.04 Å². The Balaban J connectivity index is 1.76. The lowest BCUT2D eigenvalue weighted by molar-refractivity contribution is 0.826. The Hall–Kier alpha value is -2.69. The number of aryl methyl sites for hydroxylation is 3. The summed E-state index contributed by atoms with van der Waals surface area (Å²) in [6.45, 7) is 8.14. The van der Waals surface area contributed by atoms with Gasteiger partial charge < -0.3 is 5.32 Å². The van der Waals surface area contributed by atoms with Gasteiger partial charge in [-0.05, 0) is 57.0 Å². The molecular weight excluding hydrogens is 286 g/mol. The minimum absolute atomic E-state index is 0.132. The number of anilines is 1. The van der Waals surface area contributed by atoms with E-state index in [0.717, 1.165) is 22.6 Å². The highest BCUT2D eigenvalue weighted by atomic mass is 15.3. The van der Waals surface area contributed by atoms with Gasteiger partial charge in [-0.3, -0.25) is 0 Å². The zero-order valence-electron chi connectivity index (χ0n) is 13.9. The Morgan fingerprint density at radius 2 is 1.65 bits per heavy atom. The molecule has 0 radical (unpaired) electrons. The second kappa shape index (κ2) is 6.20. The Morgan fingerprint density at radius 3 is 2.22 bits per heavy atom. The van der Waals surface area contributed by atoms with E-state index < -0.39 is 0 Å². The van der Waals surface area contributed by atoms with Gasteiger partial charge >= 0.3 is 0 Å². The molecule has 2 aromatic heterocycles. The first-order valence-corrected chi connectivity index (χ1v) is 7.72. The Labute approximate surface area is 136 Å². The summed E-state index contributed by atoms with van der Waals surface area (Å²) in [7, 11) is 0. The van der Waals surface area contributed by atoms with Crippen LogP contribution in [0.3, 0.4) is 0 Å². The molecule has 1 atom stereocenters. The minimum Gasteiger partial charge on any atom is -0.348 e. The number of hydrogen-bond acceptors (Lipinski definition) is 4. The molecule has 1 unspecified atom stereocenters. The van der Waals surface area contributed by atoms with Crippen LogP contribution < -0.4 is 5.32 Å². The van der Waals surface area contributed by atoms with E-state index in [1.54, 1.807) is 0 Å². The lowest BCUT2D eigenvalue weighted by Gasteiger charge is -2.15. The molecule has 0 amide bonds. The van der Waals surface area contributed by atoms with Crippen molar-refractivity contribution in [3.8, 4) is 5.69 Å². The summed E-state index contributed by atoms with van der Waals surface area (Å²) in [6, 6.07) is 10.6. The van der Waals surface area contributed by atoms with Crippen molar-refractivity contribution in [2.45, 2.75) is 33.7 Å². The van der Waals surface area contributed by atoms with Crippen molar-refractivity contribution >= 4 is 5.95 Å². The quantitative estimate of drug-likeness (QED) is 0.797. The van der Waals surface area contributed by atoms with Gasteiger partial charge in [0.25, 0.3) is 0 Å². The molecule has 0 fully saturated rings. The SMILES string of the molecule is Cc1cnc(NC(C)c2ccc(-n3nc(C)cc3C)cc2)nc1. The topological polar surface area (TPSA) is 55.6 Å². The van der Waals surface area contributed by atoms with Gasteiger partial charge in [-0.2, -0.15) is 5.10 Å². The molecule has 1 N–H and O–H groups in total. The van der Waals surface area contributed by atoms with Crippen LogP contribution in [0.1, 0.15) is 35.5 Å². The van der Waals surface area contributed by atoms with Crippen LogP contribution in [0.2, 0.25) is 0 Å². The highest BCUT2D eigenvalue weighted by molar-refractivity contribution is 5.39.